The molecule has 0 bridgehead atoms. The van der Waals surface area contributed by atoms with Crippen molar-refractivity contribution in [2.24, 2.45) is 0 Å². The highest BCUT2D eigenvalue weighted by Gasteiger charge is 2.19. The van der Waals surface area contributed by atoms with Crippen molar-refractivity contribution in [1.82, 2.24) is 9.97 Å². The lowest BCUT2D eigenvalue weighted by Gasteiger charge is -2.02. The van der Waals surface area contributed by atoms with Gasteiger partial charge in [-0.2, -0.15) is 0 Å². The molecule has 0 N–H and O–H groups in total. The Kier molecular flexibility index (Phi) is 2.65. The van der Waals surface area contributed by atoms with Gasteiger partial charge in [0.1, 0.15) is 0 Å². The lowest BCUT2D eigenvalue weighted by Crippen LogP contribution is -1.87. The van der Waals surface area contributed by atoms with E-state index in [0.717, 1.165) is 22.5 Å². The van der Waals surface area contributed by atoms with E-state index in [9.17, 15) is 0 Å². The summed E-state index contributed by atoms with van der Waals surface area (Å²) < 4.78 is 5.36. The zero-order valence-corrected chi connectivity index (χ0v) is 10.00. The Labute approximate surface area is 105 Å². The molecule has 0 fully saturated rings. The van der Waals surface area contributed by atoms with Gasteiger partial charge in [0.25, 0.3) is 0 Å². The Morgan fingerprint density at radius 1 is 0.889 bits per heavy atom. The molecule has 0 atom stereocenters. The molecular formula is C15H12N2O. The highest BCUT2D eigenvalue weighted by atomic mass is 16.5. The topological polar surface area (TPSA) is 35.0 Å². The monoisotopic (exact) mass is 236 g/mol. The van der Waals surface area contributed by atoms with E-state index in [1.807, 2.05) is 48.5 Å². The van der Waals surface area contributed by atoms with E-state index in [4.69, 9.17) is 4.74 Å². The van der Waals surface area contributed by atoms with Crippen LogP contribution in [0.2, 0.25) is 0 Å². The van der Waals surface area contributed by atoms with Gasteiger partial charge in [-0.05, 0) is 18.2 Å². The van der Waals surface area contributed by atoms with Crippen LogP contribution in [0.15, 0.2) is 54.7 Å². The molecule has 0 spiro atoms. The third-order valence-corrected chi connectivity index (χ3v) is 2.83. The third-order valence-electron chi connectivity index (χ3n) is 2.83. The second-order valence-electron chi connectivity index (χ2n) is 3.92. The fourth-order valence-electron chi connectivity index (χ4n) is 2.03. The summed E-state index contributed by atoms with van der Waals surface area (Å²) in [6.45, 7) is 0. The number of pyridine rings is 1. The standard InChI is InChI=1S/C15H12N2O/c1-18-15-14(13-9-5-6-10-16-13)11-7-3-2-4-8-12(11)17-15/h2-10H,1H3. The number of ether oxygens (including phenoxy) is 1. The molecule has 88 valence electrons. The Morgan fingerprint density at radius 2 is 1.67 bits per heavy atom. The maximum Gasteiger partial charge on any atom is 0.223 e. The largest absolute Gasteiger partial charge is 0.480 e. The van der Waals surface area contributed by atoms with Gasteiger partial charge in [0.15, 0.2) is 0 Å². The summed E-state index contributed by atoms with van der Waals surface area (Å²) >= 11 is 0. The van der Waals surface area contributed by atoms with E-state index < -0.39 is 0 Å². The van der Waals surface area contributed by atoms with Crippen molar-refractivity contribution in [1.29, 1.82) is 0 Å². The average Bonchev–Trinajstić information content (AvgIpc) is 2.62. The van der Waals surface area contributed by atoms with Crippen LogP contribution in [-0.4, -0.2) is 17.1 Å². The molecule has 3 heteroatoms. The maximum absolute atomic E-state index is 5.36. The molecule has 3 rings (SSSR count). The van der Waals surface area contributed by atoms with Crippen LogP contribution < -0.4 is 4.74 Å². The fourth-order valence-corrected chi connectivity index (χ4v) is 2.03. The van der Waals surface area contributed by atoms with E-state index in [0.29, 0.717) is 5.88 Å². The summed E-state index contributed by atoms with van der Waals surface area (Å²) in [5, 5.41) is 0. The van der Waals surface area contributed by atoms with Crippen LogP contribution in [0.1, 0.15) is 0 Å². The number of aromatic nitrogens is 2. The molecule has 0 saturated carbocycles. The van der Waals surface area contributed by atoms with Crippen molar-refractivity contribution in [3.63, 3.8) is 0 Å². The zero-order valence-electron chi connectivity index (χ0n) is 10.00. The van der Waals surface area contributed by atoms with Crippen molar-refractivity contribution in [3.05, 3.63) is 54.7 Å². The van der Waals surface area contributed by atoms with Crippen LogP contribution >= 0.6 is 0 Å². The molecule has 0 radical (unpaired) electrons. The molecule has 1 aliphatic heterocycles. The van der Waals surface area contributed by atoms with E-state index in [1.165, 1.54) is 0 Å². The Bertz CT molecular complexity index is 637. The van der Waals surface area contributed by atoms with E-state index in [-0.39, 0.29) is 0 Å². The molecule has 0 saturated heterocycles. The number of hydrogen-bond acceptors (Lipinski definition) is 3. The van der Waals surface area contributed by atoms with Crippen molar-refractivity contribution < 1.29 is 4.74 Å². The summed E-state index contributed by atoms with van der Waals surface area (Å²) in [5.74, 6) is 0.620. The molecule has 1 aliphatic carbocycles. The quantitative estimate of drug-likeness (QED) is 0.685. The molecule has 0 amide bonds. The predicted octanol–water partition coefficient (Wildman–Crippen LogP) is 3.26. The van der Waals surface area contributed by atoms with Crippen LogP contribution in [-0.2, 0) is 0 Å². The van der Waals surface area contributed by atoms with Gasteiger partial charge in [-0.25, -0.2) is 4.98 Å². The first-order valence-electron chi connectivity index (χ1n) is 5.74. The summed E-state index contributed by atoms with van der Waals surface area (Å²) in [6.07, 6.45) is 1.77. The molecule has 0 aromatic carbocycles. The third kappa shape index (κ3) is 1.70. The molecule has 1 aromatic rings. The summed E-state index contributed by atoms with van der Waals surface area (Å²) in [5.41, 5.74) is 3.79. The minimum Gasteiger partial charge on any atom is -0.480 e. The molecule has 3 nitrogen and oxygen atoms in total. The van der Waals surface area contributed by atoms with Gasteiger partial charge in [0.2, 0.25) is 5.88 Å². The first kappa shape index (κ1) is 10.7. The molecule has 18 heavy (non-hydrogen) atoms. The minimum atomic E-state index is 0.620. The Balaban J connectivity index is 2.30. The van der Waals surface area contributed by atoms with Gasteiger partial charge >= 0.3 is 0 Å². The van der Waals surface area contributed by atoms with E-state index in [1.54, 1.807) is 13.3 Å². The Morgan fingerprint density at radius 3 is 2.44 bits per heavy atom. The molecule has 0 unspecified atom stereocenters. The summed E-state index contributed by atoms with van der Waals surface area (Å²) in [4.78, 5) is 8.87. The number of fused-ring (bicyclic) bond motifs is 1. The lowest BCUT2D eigenvalue weighted by molar-refractivity contribution is 0.402. The fraction of sp³-hybridized carbons (Fsp3) is 0.0667. The van der Waals surface area contributed by atoms with Crippen LogP contribution in [0.5, 0.6) is 5.88 Å². The van der Waals surface area contributed by atoms with Gasteiger partial charge in [-0.3, -0.25) is 4.98 Å². The molecule has 1 aromatic heterocycles. The van der Waals surface area contributed by atoms with Gasteiger partial charge in [0, 0.05) is 11.8 Å². The van der Waals surface area contributed by atoms with Crippen LogP contribution in [0.25, 0.3) is 22.5 Å². The van der Waals surface area contributed by atoms with Crippen molar-refractivity contribution in [3.8, 4) is 28.4 Å². The first-order chi connectivity index (χ1) is 8.90. The number of hydrogen-bond donors (Lipinski definition) is 0. The maximum atomic E-state index is 5.36. The molecule has 2 aliphatic rings. The smallest absolute Gasteiger partial charge is 0.223 e. The molecule has 2 heterocycles. The summed E-state index contributed by atoms with van der Waals surface area (Å²) in [6, 6.07) is 15.8. The average molecular weight is 236 g/mol. The zero-order chi connectivity index (χ0) is 12.4. The van der Waals surface area contributed by atoms with Crippen LogP contribution in [0, 0.1) is 0 Å². The molecular weight excluding hydrogens is 224 g/mol. The number of nitrogens with zero attached hydrogens (tertiary/aromatic N) is 2. The predicted molar refractivity (Wildman–Crippen MR) is 70.6 cm³/mol. The minimum absolute atomic E-state index is 0.620. The Hall–Kier alpha value is -2.42. The SMILES string of the molecule is COc1nc2cccccc-2c1-c1ccccn1. The van der Waals surface area contributed by atoms with E-state index >= 15 is 0 Å². The highest BCUT2D eigenvalue weighted by molar-refractivity contribution is 5.86. The van der Waals surface area contributed by atoms with Crippen LogP contribution in [0.4, 0.5) is 0 Å². The van der Waals surface area contributed by atoms with Crippen LogP contribution in [0.3, 0.4) is 0 Å². The van der Waals surface area contributed by atoms with Gasteiger partial charge < -0.3 is 4.74 Å². The normalized spacial score (nSPS) is 10.5. The first-order valence-corrected chi connectivity index (χ1v) is 5.74. The van der Waals surface area contributed by atoms with Crippen molar-refractivity contribution in [2.75, 3.05) is 7.11 Å². The lowest BCUT2D eigenvalue weighted by atomic mass is 10.1. The van der Waals surface area contributed by atoms with Gasteiger partial charge in [-0.1, -0.05) is 30.3 Å². The second-order valence-corrected chi connectivity index (χ2v) is 3.92. The van der Waals surface area contributed by atoms with E-state index in [2.05, 4.69) is 9.97 Å². The highest BCUT2D eigenvalue weighted by Crippen LogP contribution is 2.39. The number of methoxy groups -OCH3 is 1. The van der Waals surface area contributed by atoms with Crippen molar-refractivity contribution >= 4 is 0 Å². The van der Waals surface area contributed by atoms with Gasteiger partial charge in [-0.15, -0.1) is 0 Å². The second kappa shape index (κ2) is 4.45. The van der Waals surface area contributed by atoms with Crippen molar-refractivity contribution in [2.45, 2.75) is 0 Å². The van der Waals surface area contributed by atoms with Gasteiger partial charge in [0.05, 0.1) is 24.1 Å². The summed E-state index contributed by atoms with van der Waals surface area (Å²) in [7, 11) is 1.63. The number of rotatable bonds is 2.